The van der Waals surface area contributed by atoms with Gasteiger partial charge in [-0.1, -0.05) is 50.1 Å². The molecule has 2 aromatic carbocycles. The Morgan fingerprint density at radius 2 is 1.70 bits per heavy atom. The number of halogens is 2. The second-order valence-electron chi connectivity index (χ2n) is 5.13. The molecule has 0 spiro atoms. The topological polar surface area (TPSA) is 12.9 Å². The van der Waals surface area contributed by atoms with Gasteiger partial charge in [-0.25, -0.2) is 0 Å². The minimum atomic E-state index is 0.592. The largest absolute Gasteiger partial charge is 0.256 e. The summed E-state index contributed by atoms with van der Waals surface area (Å²) in [5.74, 6) is 2.73. The highest BCUT2D eigenvalue weighted by Crippen LogP contribution is 2.32. The van der Waals surface area contributed by atoms with Crippen LogP contribution in [0.4, 0.5) is 0 Å². The summed E-state index contributed by atoms with van der Waals surface area (Å²) in [6.45, 7) is 0. The first-order valence-electron chi connectivity index (χ1n) is 7.11. The lowest BCUT2D eigenvalue weighted by atomic mass is 9.95. The van der Waals surface area contributed by atoms with E-state index in [1.54, 1.807) is 6.20 Å². The zero-order valence-corrected chi connectivity index (χ0v) is 15.4. The van der Waals surface area contributed by atoms with Crippen molar-refractivity contribution in [1.29, 1.82) is 0 Å². The molecule has 0 aliphatic heterocycles. The maximum Gasteiger partial charge on any atom is 0.0705 e. The smallest absolute Gasteiger partial charge is 0.0705 e. The molecule has 23 heavy (non-hydrogen) atoms. The summed E-state index contributed by atoms with van der Waals surface area (Å²) in [7, 11) is 0. The van der Waals surface area contributed by atoms with E-state index in [0.29, 0.717) is 6.42 Å². The van der Waals surface area contributed by atoms with Gasteiger partial charge in [0.05, 0.1) is 5.69 Å². The van der Waals surface area contributed by atoms with E-state index in [9.17, 15) is 0 Å². The van der Waals surface area contributed by atoms with E-state index >= 15 is 0 Å². The molecule has 0 radical (unpaired) electrons. The van der Waals surface area contributed by atoms with Gasteiger partial charge in [0, 0.05) is 27.1 Å². The number of rotatable bonds is 3. The third kappa shape index (κ3) is 3.72. The molecule has 0 aliphatic rings. The van der Waals surface area contributed by atoms with Crippen LogP contribution >= 0.6 is 31.9 Å². The number of pyridine rings is 1. The average Bonchev–Trinajstić information content (AvgIpc) is 2.55. The van der Waals surface area contributed by atoms with E-state index in [4.69, 9.17) is 6.42 Å². The first kappa shape index (κ1) is 16.0. The quantitative estimate of drug-likeness (QED) is 0.460. The van der Waals surface area contributed by atoms with E-state index < -0.39 is 0 Å². The molecule has 0 aliphatic carbocycles. The van der Waals surface area contributed by atoms with Crippen LogP contribution < -0.4 is 0 Å². The molecule has 0 saturated carbocycles. The molecule has 0 unspecified atom stereocenters. The predicted molar refractivity (Wildman–Crippen MR) is 103 cm³/mol. The van der Waals surface area contributed by atoms with E-state index in [1.165, 1.54) is 0 Å². The molecule has 3 aromatic rings. The molecule has 1 aromatic heterocycles. The standard InChI is InChI=1S/C20H13Br2N/c1-2-5-14-7-8-15(16-10-17(21)13-18(22)11-16)12-19(14)20-6-3-4-9-23-20/h1,3-4,6-13H,5H2. The molecule has 0 N–H and O–H groups in total. The normalized spacial score (nSPS) is 10.3. The van der Waals surface area contributed by atoms with Crippen molar-refractivity contribution in [1.82, 2.24) is 4.98 Å². The van der Waals surface area contributed by atoms with E-state index in [0.717, 1.165) is 36.9 Å². The zero-order chi connectivity index (χ0) is 16.2. The number of benzene rings is 2. The first-order valence-corrected chi connectivity index (χ1v) is 8.70. The monoisotopic (exact) mass is 425 g/mol. The van der Waals surface area contributed by atoms with E-state index in [2.05, 4.69) is 73.1 Å². The lowest BCUT2D eigenvalue weighted by molar-refractivity contribution is 1.27. The minimum Gasteiger partial charge on any atom is -0.256 e. The summed E-state index contributed by atoms with van der Waals surface area (Å²) in [4.78, 5) is 4.47. The fourth-order valence-electron chi connectivity index (χ4n) is 2.50. The van der Waals surface area contributed by atoms with Gasteiger partial charge in [0.15, 0.2) is 0 Å². The Bertz CT molecular complexity index is 860. The number of terminal acetylenes is 1. The van der Waals surface area contributed by atoms with Crippen LogP contribution in [-0.4, -0.2) is 4.98 Å². The third-order valence-electron chi connectivity index (χ3n) is 3.54. The van der Waals surface area contributed by atoms with E-state index in [-0.39, 0.29) is 0 Å². The molecule has 0 fully saturated rings. The number of aromatic nitrogens is 1. The van der Waals surface area contributed by atoms with Crippen molar-refractivity contribution < 1.29 is 0 Å². The summed E-state index contributed by atoms with van der Waals surface area (Å²) in [5.41, 5.74) is 5.40. The van der Waals surface area contributed by atoms with Crippen molar-refractivity contribution in [2.75, 3.05) is 0 Å². The molecule has 0 amide bonds. The summed E-state index contributed by atoms with van der Waals surface area (Å²) in [6, 6.07) is 18.5. The van der Waals surface area contributed by atoms with Crippen molar-refractivity contribution in [3.8, 4) is 34.7 Å². The summed E-state index contributed by atoms with van der Waals surface area (Å²) in [6.07, 6.45) is 7.91. The van der Waals surface area contributed by atoms with Gasteiger partial charge in [0.25, 0.3) is 0 Å². The van der Waals surface area contributed by atoms with Crippen molar-refractivity contribution in [2.24, 2.45) is 0 Å². The van der Waals surface area contributed by atoms with Gasteiger partial charge in [-0.15, -0.1) is 12.3 Å². The van der Waals surface area contributed by atoms with Gasteiger partial charge in [-0.2, -0.15) is 0 Å². The van der Waals surface area contributed by atoms with Crippen LogP contribution in [0.3, 0.4) is 0 Å². The molecule has 0 saturated heterocycles. The van der Waals surface area contributed by atoms with Crippen LogP contribution in [-0.2, 0) is 6.42 Å². The van der Waals surface area contributed by atoms with Crippen LogP contribution in [0.25, 0.3) is 22.4 Å². The van der Waals surface area contributed by atoms with Crippen LogP contribution in [0.2, 0.25) is 0 Å². The van der Waals surface area contributed by atoms with Crippen LogP contribution in [0.15, 0.2) is 69.7 Å². The van der Waals surface area contributed by atoms with Crippen LogP contribution in [0, 0.1) is 12.3 Å². The molecule has 1 heterocycles. The lowest BCUT2D eigenvalue weighted by Gasteiger charge is -2.11. The highest BCUT2D eigenvalue weighted by molar-refractivity contribution is 9.11. The fraction of sp³-hybridized carbons (Fsp3) is 0.0500. The lowest BCUT2D eigenvalue weighted by Crippen LogP contribution is -1.92. The molecule has 1 nitrogen and oxygen atoms in total. The summed E-state index contributed by atoms with van der Waals surface area (Å²) in [5, 5.41) is 0. The summed E-state index contributed by atoms with van der Waals surface area (Å²) >= 11 is 7.09. The Morgan fingerprint density at radius 1 is 0.913 bits per heavy atom. The molecule has 3 heteroatoms. The Labute approximate surface area is 153 Å². The maximum absolute atomic E-state index is 5.51. The van der Waals surface area contributed by atoms with Crippen molar-refractivity contribution in [3.63, 3.8) is 0 Å². The maximum atomic E-state index is 5.51. The van der Waals surface area contributed by atoms with Gasteiger partial charge in [0.1, 0.15) is 0 Å². The fourth-order valence-corrected chi connectivity index (χ4v) is 3.79. The molecular weight excluding hydrogens is 414 g/mol. The second kappa shape index (κ2) is 7.12. The number of hydrogen-bond acceptors (Lipinski definition) is 1. The third-order valence-corrected chi connectivity index (χ3v) is 4.45. The van der Waals surface area contributed by atoms with Crippen molar-refractivity contribution >= 4 is 31.9 Å². The number of nitrogens with zero attached hydrogens (tertiary/aromatic N) is 1. The van der Waals surface area contributed by atoms with Crippen LogP contribution in [0.5, 0.6) is 0 Å². The molecule has 0 bridgehead atoms. The zero-order valence-electron chi connectivity index (χ0n) is 12.3. The predicted octanol–water partition coefficient (Wildman–Crippen LogP) is 6.12. The van der Waals surface area contributed by atoms with Crippen molar-refractivity contribution in [3.05, 3.63) is 75.3 Å². The SMILES string of the molecule is C#CCc1ccc(-c2cc(Br)cc(Br)c2)cc1-c1ccccn1. The van der Waals surface area contributed by atoms with Gasteiger partial charge in [-0.3, -0.25) is 4.98 Å². The van der Waals surface area contributed by atoms with Gasteiger partial charge < -0.3 is 0 Å². The van der Waals surface area contributed by atoms with Gasteiger partial charge in [0.2, 0.25) is 0 Å². The summed E-state index contributed by atoms with van der Waals surface area (Å²) < 4.78 is 2.07. The molecule has 112 valence electrons. The molecule has 3 rings (SSSR count). The minimum absolute atomic E-state index is 0.592. The Balaban J connectivity index is 2.16. The average molecular weight is 427 g/mol. The van der Waals surface area contributed by atoms with Crippen LogP contribution in [0.1, 0.15) is 5.56 Å². The van der Waals surface area contributed by atoms with Gasteiger partial charge in [-0.05, 0) is 53.1 Å². The Hall–Kier alpha value is -1.89. The van der Waals surface area contributed by atoms with Gasteiger partial charge >= 0.3 is 0 Å². The molecular formula is C20H13Br2N. The highest BCUT2D eigenvalue weighted by Gasteiger charge is 2.09. The Kier molecular flexibility index (Phi) is 4.95. The second-order valence-corrected chi connectivity index (χ2v) is 6.96. The number of hydrogen-bond donors (Lipinski definition) is 0. The molecule has 0 atom stereocenters. The highest BCUT2D eigenvalue weighted by atomic mass is 79.9. The van der Waals surface area contributed by atoms with E-state index in [1.807, 2.05) is 24.3 Å². The Morgan fingerprint density at radius 3 is 2.35 bits per heavy atom. The first-order chi connectivity index (χ1) is 11.2. The van der Waals surface area contributed by atoms with Crippen molar-refractivity contribution in [2.45, 2.75) is 6.42 Å².